The van der Waals surface area contributed by atoms with Gasteiger partial charge >= 0.3 is 0 Å². The van der Waals surface area contributed by atoms with Crippen LogP contribution in [0, 0.1) is 0 Å². The smallest absolute Gasteiger partial charge is 0.154 e. The van der Waals surface area contributed by atoms with E-state index in [0.717, 1.165) is 19.1 Å². The van der Waals surface area contributed by atoms with Crippen LogP contribution in [0.2, 0.25) is 0 Å². The molecule has 0 aromatic heterocycles. The van der Waals surface area contributed by atoms with Gasteiger partial charge in [-0.15, -0.1) is 0 Å². The molecule has 0 aromatic carbocycles. The highest BCUT2D eigenvalue weighted by atomic mass is 79.9. The fourth-order valence-electron chi connectivity index (χ4n) is 1.59. The van der Waals surface area contributed by atoms with Gasteiger partial charge in [0.25, 0.3) is 0 Å². The molecule has 0 bridgehead atoms. The van der Waals surface area contributed by atoms with Crippen LogP contribution in [0.4, 0.5) is 0 Å². The summed E-state index contributed by atoms with van der Waals surface area (Å²) in [6.07, 6.45) is 2.87. The van der Waals surface area contributed by atoms with Crippen LogP contribution < -0.4 is 0 Å². The predicted molar refractivity (Wildman–Crippen MR) is 48.3 cm³/mol. The standard InChI is InChI=1S/C7H8Br2O2/c8-4-1-6-7(3-10,11-6)2-5(4)9/h3-6H,1-2H2. The quantitative estimate of drug-likeness (QED) is 0.416. The minimum atomic E-state index is -0.418. The van der Waals surface area contributed by atoms with E-state index >= 15 is 0 Å². The highest BCUT2D eigenvalue weighted by molar-refractivity contribution is 9.12. The van der Waals surface area contributed by atoms with E-state index in [9.17, 15) is 4.79 Å². The zero-order valence-corrected chi connectivity index (χ0v) is 8.97. The third-order valence-electron chi connectivity index (χ3n) is 2.39. The van der Waals surface area contributed by atoms with Crippen molar-refractivity contribution < 1.29 is 9.53 Å². The van der Waals surface area contributed by atoms with Gasteiger partial charge in [-0.05, 0) is 12.8 Å². The van der Waals surface area contributed by atoms with Crippen LogP contribution in [0.15, 0.2) is 0 Å². The molecule has 4 heteroatoms. The summed E-state index contributed by atoms with van der Waals surface area (Å²) in [6, 6.07) is 0. The number of epoxide rings is 1. The summed E-state index contributed by atoms with van der Waals surface area (Å²) in [5.74, 6) is 0. The molecular formula is C7H8Br2O2. The van der Waals surface area contributed by atoms with E-state index in [1.165, 1.54) is 0 Å². The Morgan fingerprint density at radius 1 is 1.45 bits per heavy atom. The second kappa shape index (κ2) is 2.54. The number of alkyl halides is 2. The van der Waals surface area contributed by atoms with Gasteiger partial charge < -0.3 is 9.53 Å². The number of hydrogen-bond donors (Lipinski definition) is 0. The van der Waals surface area contributed by atoms with Crippen molar-refractivity contribution in [3.05, 3.63) is 0 Å². The molecule has 2 nitrogen and oxygen atoms in total. The Kier molecular flexibility index (Phi) is 1.89. The number of hydrogen-bond acceptors (Lipinski definition) is 2. The Bertz CT molecular complexity index is 197. The lowest BCUT2D eigenvalue weighted by molar-refractivity contribution is -0.112. The molecule has 1 heterocycles. The van der Waals surface area contributed by atoms with Gasteiger partial charge in [0.15, 0.2) is 11.9 Å². The van der Waals surface area contributed by atoms with Crippen LogP contribution in [-0.4, -0.2) is 27.6 Å². The summed E-state index contributed by atoms with van der Waals surface area (Å²) < 4.78 is 5.33. The third-order valence-corrected chi connectivity index (χ3v) is 5.08. The van der Waals surface area contributed by atoms with Crippen molar-refractivity contribution >= 4 is 38.1 Å². The van der Waals surface area contributed by atoms with Gasteiger partial charge in [0.1, 0.15) is 0 Å². The van der Waals surface area contributed by atoms with Gasteiger partial charge in [-0.3, -0.25) is 0 Å². The molecule has 0 amide bonds. The summed E-state index contributed by atoms with van der Waals surface area (Å²) in [6.45, 7) is 0. The molecule has 2 aliphatic rings. The Morgan fingerprint density at radius 3 is 2.82 bits per heavy atom. The number of fused-ring (bicyclic) bond motifs is 1. The minimum absolute atomic E-state index is 0.179. The first kappa shape index (κ1) is 8.20. The maximum absolute atomic E-state index is 10.6. The van der Waals surface area contributed by atoms with E-state index in [1.807, 2.05) is 0 Å². The maximum Gasteiger partial charge on any atom is 0.154 e. The first-order valence-electron chi connectivity index (χ1n) is 3.60. The molecule has 0 aromatic rings. The van der Waals surface area contributed by atoms with Crippen molar-refractivity contribution in [1.29, 1.82) is 0 Å². The zero-order valence-electron chi connectivity index (χ0n) is 5.80. The summed E-state index contributed by atoms with van der Waals surface area (Å²) in [5.41, 5.74) is -0.418. The largest absolute Gasteiger partial charge is 0.358 e. The maximum atomic E-state index is 10.6. The topological polar surface area (TPSA) is 29.6 Å². The molecular weight excluding hydrogens is 276 g/mol. The van der Waals surface area contributed by atoms with Crippen LogP contribution in [0.25, 0.3) is 0 Å². The average molecular weight is 284 g/mol. The van der Waals surface area contributed by atoms with E-state index in [-0.39, 0.29) is 6.10 Å². The van der Waals surface area contributed by atoms with Crippen molar-refractivity contribution in [2.24, 2.45) is 0 Å². The lowest BCUT2D eigenvalue weighted by atomic mass is 9.90. The highest BCUT2D eigenvalue weighted by Gasteiger charge is 2.61. The third kappa shape index (κ3) is 1.19. The van der Waals surface area contributed by atoms with Crippen molar-refractivity contribution in [2.45, 2.75) is 34.2 Å². The highest BCUT2D eigenvalue weighted by Crippen LogP contribution is 2.49. The number of rotatable bonds is 1. The lowest BCUT2D eigenvalue weighted by Gasteiger charge is -2.22. The van der Waals surface area contributed by atoms with Crippen LogP contribution >= 0.6 is 31.9 Å². The average Bonchev–Trinajstić information content (AvgIpc) is 2.64. The molecule has 1 aliphatic heterocycles. The van der Waals surface area contributed by atoms with Gasteiger partial charge in [0, 0.05) is 9.65 Å². The molecule has 2 rings (SSSR count). The van der Waals surface area contributed by atoms with Crippen molar-refractivity contribution in [3.63, 3.8) is 0 Å². The van der Waals surface area contributed by atoms with Gasteiger partial charge in [-0.1, -0.05) is 31.9 Å². The van der Waals surface area contributed by atoms with Gasteiger partial charge in [0.05, 0.1) is 6.10 Å². The van der Waals surface area contributed by atoms with Crippen molar-refractivity contribution in [1.82, 2.24) is 0 Å². The number of carbonyl (C=O) groups is 1. The molecule has 0 spiro atoms. The van der Waals surface area contributed by atoms with Crippen LogP contribution in [-0.2, 0) is 9.53 Å². The summed E-state index contributed by atoms with van der Waals surface area (Å²) in [7, 11) is 0. The number of halogens is 2. The van der Waals surface area contributed by atoms with Crippen molar-refractivity contribution in [2.75, 3.05) is 0 Å². The second-order valence-electron chi connectivity index (χ2n) is 3.15. The molecule has 11 heavy (non-hydrogen) atoms. The fraction of sp³-hybridized carbons (Fsp3) is 0.857. The second-order valence-corrected chi connectivity index (χ2v) is 5.50. The van der Waals surface area contributed by atoms with Gasteiger partial charge in [0.2, 0.25) is 0 Å². The van der Waals surface area contributed by atoms with E-state index < -0.39 is 5.60 Å². The summed E-state index contributed by atoms with van der Waals surface area (Å²) >= 11 is 7.04. The SMILES string of the molecule is O=CC12CC(Br)C(Br)CC1O2. The first-order chi connectivity index (χ1) is 5.18. The number of aldehydes is 1. The molecule has 1 saturated carbocycles. The molecule has 0 radical (unpaired) electrons. The number of ether oxygens (including phenoxy) is 1. The fourth-order valence-corrected chi connectivity index (χ4v) is 2.84. The summed E-state index contributed by atoms with van der Waals surface area (Å²) in [5, 5.41) is 0. The van der Waals surface area contributed by atoms with Gasteiger partial charge in [-0.2, -0.15) is 0 Å². The Morgan fingerprint density at radius 2 is 2.18 bits per heavy atom. The monoisotopic (exact) mass is 282 g/mol. The Hall–Kier alpha value is 0.590. The van der Waals surface area contributed by atoms with E-state index in [1.54, 1.807) is 0 Å². The van der Waals surface area contributed by atoms with Gasteiger partial charge in [-0.25, -0.2) is 0 Å². The number of carbonyl (C=O) groups excluding carboxylic acids is 1. The van der Waals surface area contributed by atoms with E-state index in [2.05, 4.69) is 31.9 Å². The van der Waals surface area contributed by atoms with E-state index in [4.69, 9.17) is 4.74 Å². The Balaban J connectivity index is 2.09. The van der Waals surface area contributed by atoms with Crippen LogP contribution in [0.3, 0.4) is 0 Å². The predicted octanol–water partition coefficient (Wildman–Crippen LogP) is 1.64. The van der Waals surface area contributed by atoms with Crippen LogP contribution in [0.1, 0.15) is 12.8 Å². The molecule has 4 unspecified atom stereocenters. The minimum Gasteiger partial charge on any atom is -0.358 e. The molecule has 0 N–H and O–H groups in total. The molecule has 4 atom stereocenters. The normalized spacial score (nSPS) is 54.9. The van der Waals surface area contributed by atoms with Crippen LogP contribution in [0.5, 0.6) is 0 Å². The molecule has 1 aliphatic carbocycles. The molecule has 2 fully saturated rings. The molecule has 1 saturated heterocycles. The zero-order chi connectivity index (χ0) is 8.06. The summed E-state index contributed by atoms with van der Waals surface area (Å²) in [4.78, 5) is 11.4. The lowest BCUT2D eigenvalue weighted by Crippen LogP contribution is -2.33. The van der Waals surface area contributed by atoms with E-state index in [0.29, 0.717) is 9.65 Å². The first-order valence-corrected chi connectivity index (χ1v) is 5.43. The van der Waals surface area contributed by atoms with Crippen molar-refractivity contribution in [3.8, 4) is 0 Å². The molecule has 62 valence electrons. The Labute approximate surface area is 81.9 Å².